The molecule has 0 aliphatic carbocycles. The number of aryl methyl sites for hydroxylation is 1. The predicted molar refractivity (Wildman–Crippen MR) is 117 cm³/mol. The number of aromatic nitrogens is 3. The second kappa shape index (κ2) is 8.20. The van der Waals surface area contributed by atoms with Crippen LogP contribution in [0.3, 0.4) is 0 Å². The Morgan fingerprint density at radius 2 is 2.03 bits per heavy atom. The van der Waals surface area contributed by atoms with Crippen LogP contribution in [0.1, 0.15) is 27.5 Å². The van der Waals surface area contributed by atoms with Gasteiger partial charge in [-0.05, 0) is 23.3 Å². The summed E-state index contributed by atoms with van der Waals surface area (Å²) in [4.78, 5) is 34.8. The van der Waals surface area contributed by atoms with Crippen molar-refractivity contribution in [3.8, 4) is 0 Å². The van der Waals surface area contributed by atoms with Crippen LogP contribution in [-0.4, -0.2) is 68.2 Å². The van der Waals surface area contributed by atoms with E-state index in [1.165, 1.54) is 0 Å². The quantitative estimate of drug-likeness (QED) is 0.630. The zero-order valence-electron chi connectivity index (χ0n) is 17.9. The fraction of sp³-hybridized carbons (Fsp3) is 0.333. The molecular formula is C24H25N5O3. The van der Waals surface area contributed by atoms with Crippen molar-refractivity contribution in [1.82, 2.24) is 24.6 Å². The first-order valence-electron chi connectivity index (χ1n) is 10.7. The Bertz CT molecular complexity index is 1120. The van der Waals surface area contributed by atoms with E-state index in [0.29, 0.717) is 31.9 Å². The summed E-state index contributed by atoms with van der Waals surface area (Å²) < 4.78 is 7.86. The highest BCUT2D eigenvalue weighted by Gasteiger charge is 2.58. The van der Waals surface area contributed by atoms with Crippen LogP contribution in [0.15, 0.2) is 67.1 Å². The van der Waals surface area contributed by atoms with Gasteiger partial charge in [0.1, 0.15) is 5.69 Å². The van der Waals surface area contributed by atoms with E-state index in [1.807, 2.05) is 47.4 Å². The van der Waals surface area contributed by atoms with E-state index in [9.17, 15) is 9.59 Å². The van der Waals surface area contributed by atoms with E-state index in [2.05, 4.69) is 10.1 Å². The number of ether oxygens (including phenoxy) is 1. The van der Waals surface area contributed by atoms with Gasteiger partial charge in [-0.15, -0.1) is 0 Å². The van der Waals surface area contributed by atoms with Gasteiger partial charge in [-0.25, -0.2) is 0 Å². The van der Waals surface area contributed by atoms with Crippen LogP contribution >= 0.6 is 0 Å². The number of rotatable bonds is 4. The van der Waals surface area contributed by atoms with Gasteiger partial charge < -0.3 is 14.5 Å². The number of benzene rings is 1. The summed E-state index contributed by atoms with van der Waals surface area (Å²) in [5.41, 5.74) is 1.17. The Morgan fingerprint density at radius 1 is 1.19 bits per heavy atom. The van der Waals surface area contributed by atoms with Crippen LogP contribution in [0.4, 0.5) is 0 Å². The lowest BCUT2D eigenvalue weighted by molar-refractivity contribution is -0.172. The van der Waals surface area contributed by atoms with Gasteiger partial charge in [0.2, 0.25) is 0 Å². The maximum Gasteiger partial charge on any atom is 0.274 e. The number of hydrogen-bond donors (Lipinski definition) is 0. The summed E-state index contributed by atoms with van der Waals surface area (Å²) in [6.07, 6.45) is 5.20. The van der Waals surface area contributed by atoms with Crippen molar-refractivity contribution in [3.63, 3.8) is 0 Å². The number of morpholine rings is 1. The van der Waals surface area contributed by atoms with E-state index >= 15 is 0 Å². The third kappa shape index (κ3) is 3.56. The summed E-state index contributed by atoms with van der Waals surface area (Å²) in [7, 11) is 1.77. The number of hydrogen-bond acceptors (Lipinski definition) is 5. The first kappa shape index (κ1) is 20.4. The van der Waals surface area contributed by atoms with Gasteiger partial charge in [0, 0.05) is 51.2 Å². The maximum atomic E-state index is 13.9. The van der Waals surface area contributed by atoms with Gasteiger partial charge in [-0.3, -0.25) is 19.3 Å². The van der Waals surface area contributed by atoms with Crippen molar-refractivity contribution < 1.29 is 14.3 Å². The van der Waals surface area contributed by atoms with E-state index < -0.39 is 5.60 Å². The highest BCUT2D eigenvalue weighted by Crippen LogP contribution is 2.42. The lowest BCUT2D eigenvalue weighted by Gasteiger charge is -2.42. The molecule has 2 aliphatic rings. The van der Waals surface area contributed by atoms with E-state index in [-0.39, 0.29) is 24.3 Å². The molecule has 32 heavy (non-hydrogen) atoms. The first-order valence-corrected chi connectivity index (χ1v) is 10.7. The van der Waals surface area contributed by atoms with Crippen LogP contribution in [0, 0.1) is 0 Å². The second-order valence-corrected chi connectivity index (χ2v) is 8.35. The Hall–Kier alpha value is -3.52. The van der Waals surface area contributed by atoms with Gasteiger partial charge in [0.25, 0.3) is 11.8 Å². The van der Waals surface area contributed by atoms with Crippen molar-refractivity contribution >= 4 is 11.8 Å². The molecule has 2 amide bonds. The maximum absolute atomic E-state index is 13.9. The van der Waals surface area contributed by atoms with Gasteiger partial charge in [-0.2, -0.15) is 5.10 Å². The number of nitrogens with zero attached hydrogens (tertiary/aromatic N) is 5. The summed E-state index contributed by atoms with van der Waals surface area (Å²) >= 11 is 0. The van der Waals surface area contributed by atoms with E-state index in [1.54, 1.807) is 41.3 Å². The third-order valence-electron chi connectivity index (χ3n) is 6.28. The lowest BCUT2D eigenvalue weighted by atomic mass is 9.83. The van der Waals surface area contributed by atoms with Gasteiger partial charge in [-0.1, -0.05) is 36.4 Å². The molecule has 4 heterocycles. The molecule has 2 aromatic heterocycles. The zero-order valence-corrected chi connectivity index (χ0v) is 17.9. The number of carbonyl (C=O) groups excluding carboxylic acids is 2. The van der Waals surface area contributed by atoms with E-state index in [4.69, 9.17) is 4.74 Å². The number of carbonyl (C=O) groups is 2. The Kier molecular flexibility index (Phi) is 5.22. The third-order valence-corrected chi connectivity index (χ3v) is 6.28. The van der Waals surface area contributed by atoms with Crippen molar-refractivity contribution in [1.29, 1.82) is 0 Å². The normalized spacial score (nSPS) is 23.2. The van der Waals surface area contributed by atoms with Crippen molar-refractivity contribution in [2.24, 2.45) is 7.05 Å². The number of amides is 2. The van der Waals surface area contributed by atoms with Crippen molar-refractivity contribution in [2.75, 3.05) is 26.2 Å². The highest BCUT2D eigenvalue weighted by molar-refractivity contribution is 5.95. The molecule has 164 valence electrons. The summed E-state index contributed by atoms with van der Waals surface area (Å²) in [5.74, 6) is -0.597. The van der Waals surface area contributed by atoms with E-state index in [0.717, 1.165) is 11.1 Å². The highest BCUT2D eigenvalue weighted by atomic mass is 16.5. The Morgan fingerprint density at radius 3 is 2.75 bits per heavy atom. The predicted octanol–water partition coefficient (Wildman–Crippen LogP) is 1.85. The molecule has 8 heteroatoms. The summed E-state index contributed by atoms with van der Waals surface area (Å²) in [6.45, 7) is 2.00. The molecule has 0 unspecified atom stereocenters. The topological polar surface area (TPSA) is 80.6 Å². The fourth-order valence-corrected chi connectivity index (χ4v) is 4.72. The minimum Gasteiger partial charge on any atom is -0.361 e. The molecule has 8 nitrogen and oxygen atoms in total. The first-order chi connectivity index (χ1) is 15.6. The van der Waals surface area contributed by atoms with Crippen LogP contribution in [0.5, 0.6) is 0 Å². The average molecular weight is 431 g/mol. The molecule has 0 saturated carbocycles. The molecule has 0 N–H and O–H groups in total. The largest absolute Gasteiger partial charge is 0.361 e. The number of likely N-dealkylation sites (tertiary alicyclic amines) is 1. The lowest BCUT2D eigenvalue weighted by Crippen LogP contribution is -2.60. The molecule has 1 spiro atoms. The molecule has 5 rings (SSSR count). The molecule has 2 saturated heterocycles. The van der Waals surface area contributed by atoms with Crippen LogP contribution < -0.4 is 0 Å². The molecule has 1 aromatic carbocycles. The molecule has 0 bridgehead atoms. The molecular weight excluding hydrogens is 406 g/mol. The zero-order chi connectivity index (χ0) is 22.1. The summed E-state index contributed by atoms with van der Waals surface area (Å²) in [5, 5.41) is 4.25. The van der Waals surface area contributed by atoms with Crippen molar-refractivity contribution in [3.05, 3.63) is 83.9 Å². The van der Waals surface area contributed by atoms with Gasteiger partial charge >= 0.3 is 0 Å². The SMILES string of the molecule is Cn1ccc(C(=O)N2C[C@H](c3cccnc3)[C@@]3(C2)OCCN(Cc2ccccc2)C3=O)n1. The molecule has 3 aromatic rings. The summed E-state index contributed by atoms with van der Waals surface area (Å²) in [6, 6.07) is 15.4. The standard InChI is InChI=1S/C24H25N5O3/c1-27-11-9-21(26-27)22(30)29-16-20(19-8-5-10-25-14-19)24(17-29)23(31)28(12-13-32-24)15-18-6-3-2-4-7-18/h2-11,14,20H,12-13,15-17H2,1H3/t20-,24-/m1/s1. The number of pyridine rings is 1. The minimum atomic E-state index is -1.14. The van der Waals surface area contributed by atoms with Crippen LogP contribution in [-0.2, 0) is 23.1 Å². The second-order valence-electron chi connectivity index (χ2n) is 8.35. The smallest absolute Gasteiger partial charge is 0.274 e. The Labute approximate surface area is 186 Å². The van der Waals surface area contributed by atoms with Crippen LogP contribution in [0.25, 0.3) is 0 Å². The monoisotopic (exact) mass is 431 g/mol. The molecule has 2 atom stereocenters. The van der Waals surface area contributed by atoms with Gasteiger partial charge in [0.05, 0.1) is 13.2 Å². The average Bonchev–Trinajstić information content (AvgIpc) is 3.42. The molecule has 2 aliphatic heterocycles. The van der Waals surface area contributed by atoms with Gasteiger partial charge in [0.15, 0.2) is 5.60 Å². The van der Waals surface area contributed by atoms with Crippen molar-refractivity contribution in [2.45, 2.75) is 18.1 Å². The minimum absolute atomic E-state index is 0.0854. The molecule has 0 radical (unpaired) electrons. The fourth-order valence-electron chi connectivity index (χ4n) is 4.72. The Balaban J connectivity index is 1.48. The van der Waals surface area contributed by atoms with Crippen LogP contribution in [0.2, 0.25) is 0 Å². The molecule has 2 fully saturated rings.